The van der Waals surface area contributed by atoms with Gasteiger partial charge in [0.05, 0.1) is 0 Å². The molecule has 2 aromatic carbocycles. The van der Waals surface area contributed by atoms with Gasteiger partial charge < -0.3 is 4.90 Å². The standard InChI is InChI=1S/C18H16ClF2NS/c1-22(2)7-3-4-12-13-8-11(19)5-6-17(13)23-18-10-16(21)15(20)9-14(12)18/h4-6,8-10H,3,7H2,1-2H3/b12-4-. The molecule has 0 saturated carbocycles. The van der Waals surface area contributed by atoms with Gasteiger partial charge >= 0.3 is 0 Å². The van der Waals surface area contributed by atoms with Gasteiger partial charge in [0.2, 0.25) is 0 Å². The smallest absolute Gasteiger partial charge is 0.159 e. The summed E-state index contributed by atoms with van der Waals surface area (Å²) < 4.78 is 27.3. The van der Waals surface area contributed by atoms with Gasteiger partial charge in [0.15, 0.2) is 11.6 Å². The van der Waals surface area contributed by atoms with Crippen LogP contribution in [0.2, 0.25) is 5.02 Å². The molecule has 0 N–H and O–H groups in total. The maximum atomic E-state index is 13.7. The van der Waals surface area contributed by atoms with E-state index in [4.69, 9.17) is 11.6 Å². The van der Waals surface area contributed by atoms with E-state index in [1.165, 1.54) is 23.9 Å². The zero-order valence-electron chi connectivity index (χ0n) is 12.9. The van der Waals surface area contributed by atoms with Gasteiger partial charge in [0, 0.05) is 21.4 Å². The zero-order valence-corrected chi connectivity index (χ0v) is 14.4. The van der Waals surface area contributed by atoms with Crippen LogP contribution in [0.25, 0.3) is 5.57 Å². The maximum Gasteiger partial charge on any atom is 0.159 e. The third-order valence-corrected chi connectivity index (χ3v) is 5.06. The number of benzene rings is 2. The molecule has 5 heteroatoms. The van der Waals surface area contributed by atoms with E-state index < -0.39 is 11.6 Å². The Morgan fingerprint density at radius 2 is 1.74 bits per heavy atom. The molecule has 0 aromatic heterocycles. The molecule has 0 unspecified atom stereocenters. The fraction of sp³-hybridized carbons (Fsp3) is 0.222. The number of hydrogen-bond acceptors (Lipinski definition) is 2. The van der Waals surface area contributed by atoms with Crippen LogP contribution >= 0.6 is 23.4 Å². The summed E-state index contributed by atoms with van der Waals surface area (Å²) >= 11 is 7.57. The van der Waals surface area contributed by atoms with E-state index in [1.54, 1.807) is 0 Å². The Morgan fingerprint density at radius 3 is 2.48 bits per heavy atom. The normalized spacial score (nSPS) is 15.0. The van der Waals surface area contributed by atoms with Crippen LogP contribution in [-0.2, 0) is 0 Å². The van der Waals surface area contributed by atoms with Crippen molar-refractivity contribution in [1.29, 1.82) is 0 Å². The molecule has 1 heterocycles. The van der Waals surface area contributed by atoms with E-state index in [9.17, 15) is 8.78 Å². The summed E-state index contributed by atoms with van der Waals surface area (Å²) in [4.78, 5) is 3.82. The highest BCUT2D eigenvalue weighted by Crippen LogP contribution is 2.46. The third-order valence-electron chi connectivity index (χ3n) is 3.69. The number of fused-ring (bicyclic) bond motifs is 2. The lowest BCUT2D eigenvalue weighted by atomic mass is 9.95. The summed E-state index contributed by atoms with van der Waals surface area (Å²) in [6.45, 7) is 0.881. The average molecular weight is 352 g/mol. The van der Waals surface area contributed by atoms with Gasteiger partial charge in [-0.05, 0) is 67.5 Å². The third kappa shape index (κ3) is 3.44. The summed E-state index contributed by atoms with van der Waals surface area (Å²) in [5.74, 6) is -1.64. The van der Waals surface area contributed by atoms with Gasteiger partial charge in [-0.15, -0.1) is 0 Å². The molecular weight excluding hydrogens is 336 g/mol. The molecule has 120 valence electrons. The van der Waals surface area contributed by atoms with Crippen LogP contribution in [0.1, 0.15) is 17.5 Å². The van der Waals surface area contributed by atoms with Gasteiger partial charge in [0.1, 0.15) is 0 Å². The minimum absolute atomic E-state index is 0.633. The molecule has 0 atom stereocenters. The molecule has 1 aliphatic rings. The van der Waals surface area contributed by atoms with Crippen molar-refractivity contribution in [3.63, 3.8) is 0 Å². The number of hydrogen-bond donors (Lipinski definition) is 0. The highest BCUT2D eigenvalue weighted by Gasteiger charge is 2.23. The van der Waals surface area contributed by atoms with E-state index in [0.29, 0.717) is 5.02 Å². The van der Waals surface area contributed by atoms with Crippen LogP contribution in [0.4, 0.5) is 8.78 Å². The van der Waals surface area contributed by atoms with E-state index in [-0.39, 0.29) is 0 Å². The predicted octanol–water partition coefficient (Wildman–Crippen LogP) is 5.47. The molecule has 0 fully saturated rings. The van der Waals surface area contributed by atoms with Gasteiger partial charge in [0.25, 0.3) is 0 Å². The van der Waals surface area contributed by atoms with E-state index in [2.05, 4.69) is 11.0 Å². The van der Waals surface area contributed by atoms with Crippen LogP contribution in [-0.4, -0.2) is 25.5 Å². The van der Waals surface area contributed by atoms with E-state index in [1.807, 2.05) is 32.3 Å². The van der Waals surface area contributed by atoms with Crippen LogP contribution < -0.4 is 0 Å². The Balaban J connectivity index is 2.12. The van der Waals surface area contributed by atoms with Crippen LogP contribution in [0, 0.1) is 11.6 Å². The van der Waals surface area contributed by atoms with Crippen molar-refractivity contribution < 1.29 is 8.78 Å². The molecule has 1 nitrogen and oxygen atoms in total. The van der Waals surface area contributed by atoms with Gasteiger partial charge in [-0.3, -0.25) is 0 Å². The first-order valence-electron chi connectivity index (χ1n) is 7.28. The molecule has 1 aliphatic heterocycles. The molecule has 0 bridgehead atoms. The average Bonchev–Trinajstić information content (AvgIpc) is 2.49. The summed E-state index contributed by atoms with van der Waals surface area (Å²) in [5, 5.41) is 0.633. The topological polar surface area (TPSA) is 3.24 Å². The fourth-order valence-corrected chi connectivity index (χ4v) is 3.84. The second-order valence-electron chi connectivity index (χ2n) is 5.71. The van der Waals surface area contributed by atoms with Crippen molar-refractivity contribution in [2.75, 3.05) is 20.6 Å². The molecule has 0 saturated heterocycles. The molecule has 0 spiro atoms. The first-order chi connectivity index (χ1) is 11.0. The molecule has 3 rings (SSSR count). The Bertz CT molecular complexity index is 787. The lowest BCUT2D eigenvalue weighted by Crippen LogP contribution is -2.12. The Labute approximate surface area is 143 Å². The molecule has 0 aliphatic carbocycles. The molecule has 0 amide bonds. The minimum Gasteiger partial charge on any atom is -0.309 e. The Morgan fingerprint density at radius 1 is 1.04 bits per heavy atom. The largest absolute Gasteiger partial charge is 0.309 e. The van der Waals surface area contributed by atoms with Gasteiger partial charge in [-0.2, -0.15) is 0 Å². The molecule has 2 aromatic rings. The summed E-state index contributed by atoms with van der Waals surface area (Å²) in [5.41, 5.74) is 2.61. The van der Waals surface area contributed by atoms with Crippen molar-refractivity contribution in [2.45, 2.75) is 16.2 Å². The molecule has 23 heavy (non-hydrogen) atoms. The highest BCUT2D eigenvalue weighted by atomic mass is 35.5. The quantitative estimate of drug-likeness (QED) is 0.616. The lowest BCUT2D eigenvalue weighted by Gasteiger charge is -2.23. The monoisotopic (exact) mass is 351 g/mol. The van der Waals surface area contributed by atoms with Gasteiger partial charge in [-0.1, -0.05) is 29.4 Å². The van der Waals surface area contributed by atoms with Crippen molar-refractivity contribution in [3.05, 3.63) is 64.2 Å². The number of rotatable bonds is 3. The molecule has 0 radical (unpaired) electrons. The Kier molecular flexibility index (Phi) is 4.76. The minimum atomic E-state index is -0.826. The fourth-order valence-electron chi connectivity index (χ4n) is 2.58. The maximum absolute atomic E-state index is 13.7. The van der Waals surface area contributed by atoms with E-state index in [0.717, 1.165) is 39.5 Å². The van der Waals surface area contributed by atoms with Crippen molar-refractivity contribution in [2.24, 2.45) is 0 Å². The predicted molar refractivity (Wildman–Crippen MR) is 92.2 cm³/mol. The SMILES string of the molecule is CN(C)CC/C=C1/c2cc(Cl)ccc2Sc2cc(F)c(F)cc21. The first-order valence-corrected chi connectivity index (χ1v) is 8.47. The number of nitrogens with zero attached hydrogens (tertiary/aromatic N) is 1. The zero-order chi connectivity index (χ0) is 16.6. The van der Waals surface area contributed by atoms with E-state index >= 15 is 0 Å². The van der Waals surface area contributed by atoms with Gasteiger partial charge in [-0.25, -0.2) is 8.78 Å². The van der Waals surface area contributed by atoms with Crippen LogP contribution in [0.5, 0.6) is 0 Å². The Hall–Kier alpha value is -1.36. The second-order valence-corrected chi connectivity index (χ2v) is 7.23. The van der Waals surface area contributed by atoms with Crippen molar-refractivity contribution >= 4 is 28.9 Å². The summed E-state index contributed by atoms with van der Waals surface area (Å²) in [6, 6.07) is 8.17. The van der Waals surface area contributed by atoms with Crippen LogP contribution in [0.3, 0.4) is 0 Å². The lowest BCUT2D eigenvalue weighted by molar-refractivity contribution is 0.417. The summed E-state index contributed by atoms with van der Waals surface area (Å²) in [6.07, 6.45) is 2.89. The molecular formula is C18H16ClF2NS. The second kappa shape index (κ2) is 6.63. The van der Waals surface area contributed by atoms with Crippen molar-refractivity contribution in [3.8, 4) is 0 Å². The summed E-state index contributed by atoms with van der Waals surface area (Å²) in [7, 11) is 4.01. The van der Waals surface area contributed by atoms with Crippen molar-refractivity contribution in [1.82, 2.24) is 4.90 Å². The highest BCUT2D eigenvalue weighted by molar-refractivity contribution is 7.99. The number of halogens is 3. The first kappa shape index (κ1) is 16.5. The van der Waals surface area contributed by atoms with Crippen LogP contribution in [0.15, 0.2) is 46.2 Å².